The van der Waals surface area contributed by atoms with Gasteiger partial charge in [0.15, 0.2) is 0 Å². The highest BCUT2D eigenvalue weighted by molar-refractivity contribution is 7.09. The third kappa shape index (κ3) is 3.98. The molecule has 0 aliphatic rings. The molecule has 3 nitrogen and oxygen atoms in total. The monoisotopic (exact) mass is 262 g/mol. The van der Waals surface area contributed by atoms with Gasteiger partial charge < -0.3 is 9.84 Å². The van der Waals surface area contributed by atoms with Crippen molar-refractivity contribution < 1.29 is 14.6 Å². The van der Waals surface area contributed by atoms with Gasteiger partial charge in [-0.15, -0.1) is 11.3 Å². The number of carboxylic acid groups (broad SMARTS) is 1. The van der Waals surface area contributed by atoms with E-state index in [0.717, 1.165) is 11.1 Å². The van der Waals surface area contributed by atoms with E-state index in [1.807, 2.05) is 41.8 Å². The summed E-state index contributed by atoms with van der Waals surface area (Å²) in [7, 11) is 0. The highest BCUT2D eigenvalue weighted by atomic mass is 32.1. The zero-order valence-corrected chi connectivity index (χ0v) is 10.7. The maximum absolute atomic E-state index is 10.5. The third-order valence-electron chi connectivity index (χ3n) is 2.47. The molecule has 0 saturated heterocycles. The van der Waals surface area contributed by atoms with E-state index < -0.39 is 5.97 Å². The number of benzene rings is 1. The second-order valence-electron chi connectivity index (χ2n) is 3.96. The molecular weight excluding hydrogens is 248 g/mol. The maximum atomic E-state index is 10.5. The van der Waals surface area contributed by atoms with Gasteiger partial charge >= 0.3 is 5.97 Å². The van der Waals surface area contributed by atoms with E-state index in [0.29, 0.717) is 13.2 Å². The Kier molecular flexibility index (Phi) is 4.50. The van der Waals surface area contributed by atoms with Crippen LogP contribution in [0.1, 0.15) is 16.0 Å². The predicted molar refractivity (Wildman–Crippen MR) is 70.6 cm³/mol. The van der Waals surface area contributed by atoms with Gasteiger partial charge in [0.2, 0.25) is 0 Å². The van der Waals surface area contributed by atoms with Gasteiger partial charge in [-0.2, -0.15) is 0 Å². The van der Waals surface area contributed by atoms with Crippen LogP contribution in [0.3, 0.4) is 0 Å². The fraction of sp³-hybridized carbons (Fsp3) is 0.214. The van der Waals surface area contributed by atoms with Crippen molar-refractivity contribution in [2.75, 3.05) is 0 Å². The number of hydrogen-bond donors (Lipinski definition) is 1. The minimum absolute atomic E-state index is 0.0658. The van der Waals surface area contributed by atoms with Gasteiger partial charge in [-0.25, -0.2) is 0 Å². The molecule has 1 aromatic heterocycles. The van der Waals surface area contributed by atoms with E-state index in [1.165, 1.54) is 4.88 Å². The van der Waals surface area contributed by atoms with Crippen molar-refractivity contribution in [2.24, 2.45) is 0 Å². The molecule has 2 aromatic rings. The summed E-state index contributed by atoms with van der Waals surface area (Å²) in [5.41, 5.74) is 1.87. The van der Waals surface area contributed by atoms with Gasteiger partial charge in [0.1, 0.15) is 0 Å². The molecule has 0 spiro atoms. The van der Waals surface area contributed by atoms with Crippen molar-refractivity contribution in [1.29, 1.82) is 0 Å². The molecule has 0 fully saturated rings. The van der Waals surface area contributed by atoms with Crippen LogP contribution in [-0.2, 0) is 29.2 Å². The van der Waals surface area contributed by atoms with Gasteiger partial charge in [-0.05, 0) is 22.6 Å². The summed E-state index contributed by atoms with van der Waals surface area (Å²) in [4.78, 5) is 11.7. The molecule has 94 valence electrons. The summed E-state index contributed by atoms with van der Waals surface area (Å²) in [6.07, 6.45) is 0.0658. The molecule has 0 bridgehead atoms. The minimum Gasteiger partial charge on any atom is -0.481 e. The summed E-state index contributed by atoms with van der Waals surface area (Å²) in [5.74, 6) is -0.809. The largest absolute Gasteiger partial charge is 0.481 e. The molecular formula is C14H14O3S. The molecule has 0 radical (unpaired) electrons. The van der Waals surface area contributed by atoms with E-state index in [-0.39, 0.29) is 6.42 Å². The first kappa shape index (κ1) is 12.8. The second-order valence-corrected chi connectivity index (χ2v) is 4.99. The first-order valence-electron chi connectivity index (χ1n) is 5.64. The van der Waals surface area contributed by atoms with E-state index in [9.17, 15) is 4.79 Å². The normalized spacial score (nSPS) is 10.4. The Bertz CT molecular complexity index is 488. The quantitative estimate of drug-likeness (QED) is 0.870. The zero-order valence-electron chi connectivity index (χ0n) is 9.83. The molecule has 18 heavy (non-hydrogen) atoms. The highest BCUT2D eigenvalue weighted by Gasteiger charge is 2.00. The molecule has 0 atom stereocenters. The number of carbonyl (C=O) groups is 1. The Morgan fingerprint density at radius 2 is 1.83 bits per heavy atom. The van der Waals surface area contributed by atoms with Crippen molar-refractivity contribution in [3.8, 4) is 0 Å². The van der Waals surface area contributed by atoms with Crippen molar-refractivity contribution in [3.63, 3.8) is 0 Å². The molecule has 2 rings (SSSR count). The van der Waals surface area contributed by atoms with Gasteiger partial charge in [-0.3, -0.25) is 4.79 Å². The smallest absolute Gasteiger partial charge is 0.307 e. The Balaban J connectivity index is 1.81. The fourth-order valence-corrected chi connectivity index (χ4v) is 2.23. The van der Waals surface area contributed by atoms with Gasteiger partial charge in [0.25, 0.3) is 0 Å². The summed E-state index contributed by atoms with van der Waals surface area (Å²) < 4.78 is 5.58. The van der Waals surface area contributed by atoms with E-state index in [4.69, 9.17) is 9.84 Å². The molecule has 0 amide bonds. The molecule has 4 heteroatoms. The van der Waals surface area contributed by atoms with Crippen molar-refractivity contribution >= 4 is 17.3 Å². The van der Waals surface area contributed by atoms with Crippen LogP contribution >= 0.6 is 11.3 Å². The lowest BCUT2D eigenvalue weighted by molar-refractivity contribution is -0.136. The lowest BCUT2D eigenvalue weighted by Gasteiger charge is -2.04. The Morgan fingerprint density at radius 3 is 2.44 bits per heavy atom. The Labute approximate surface area is 110 Å². The van der Waals surface area contributed by atoms with Crippen LogP contribution in [0.4, 0.5) is 0 Å². The van der Waals surface area contributed by atoms with Crippen molar-refractivity contribution in [1.82, 2.24) is 0 Å². The minimum atomic E-state index is -0.809. The average molecular weight is 262 g/mol. The molecule has 1 aromatic carbocycles. The summed E-state index contributed by atoms with van der Waals surface area (Å²) in [6.45, 7) is 1.17. The van der Waals surface area contributed by atoms with Crippen LogP contribution < -0.4 is 0 Å². The van der Waals surface area contributed by atoms with E-state index in [1.54, 1.807) is 11.3 Å². The van der Waals surface area contributed by atoms with Gasteiger partial charge in [0.05, 0.1) is 19.6 Å². The number of ether oxygens (including phenoxy) is 1. The molecule has 0 saturated carbocycles. The predicted octanol–water partition coefficient (Wildman–Crippen LogP) is 3.09. The lowest BCUT2D eigenvalue weighted by atomic mass is 10.1. The first-order chi connectivity index (χ1) is 8.74. The maximum Gasteiger partial charge on any atom is 0.307 e. The number of hydrogen-bond acceptors (Lipinski definition) is 3. The Hall–Kier alpha value is -1.65. The summed E-state index contributed by atoms with van der Waals surface area (Å²) >= 11 is 1.68. The van der Waals surface area contributed by atoms with Crippen LogP contribution in [0.5, 0.6) is 0 Å². The summed E-state index contributed by atoms with van der Waals surface area (Å²) in [5, 5.41) is 10.7. The SMILES string of the molecule is O=C(O)Cc1ccc(COCc2cccs2)cc1. The zero-order chi connectivity index (χ0) is 12.8. The number of carboxylic acids is 1. The number of rotatable bonds is 6. The lowest BCUT2D eigenvalue weighted by Crippen LogP contribution is -2.00. The molecule has 0 unspecified atom stereocenters. The Morgan fingerprint density at radius 1 is 1.11 bits per heavy atom. The standard InChI is InChI=1S/C14H14O3S/c15-14(16)8-11-3-5-12(6-4-11)9-17-10-13-2-1-7-18-13/h1-7H,8-10H2,(H,15,16). The average Bonchev–Trinajstić information content (AvgIpc) is 2.84. The topological polar surface area (TPSA) is 46.5 Å². The number of thiophene rings is 1. The van der Waals surface area contributed by atoms with Crippen molar-refractivity contribution in [3.05, 3.63) is 57.8 Å². The second kappa shape index (κ2) is 6.33. The van der Waals surface area contributed by atoms with Crippen LogP contribution in [0.25, 0.3) is 0 Å². The molecule has 0 aliphatic carbocycles. The fourth-order valence-electron chi connectivity index (χ4n) is 1.59. The summed E-state index contributed by atoms with van der Waals surface area (Å²) in [6, 6.07) is 11.5. The van der Waals surface area contributed by atoms with Gasteiger partial charge in [0, 0.05) is 4.88 Å². The van der Waals surface area contributed by atoms with Gasteiger partial charge in [-0.1, -0.05) is 30.3 Å². The van der Waals surface area contributed by atoms with Crippen LogP contribution in [0.15, 0.2) is 41.8 Å². The van der Waals surface area contributed by atoms with E-state index >= 15 is 0 Å². The van der Waals surface area contributed by atoms with E-state index in [2.05, 4.69) is 0 Å². The number of aliphatic carboxylic acids is 1. The first-order valence-corrected chi connectivity index (χ1v) is 6.52. The molecule has 1 N–H and O–H groups in total. The van der Waals surface area contributed by atoms with Crippen LogP contribution in [-0.4, -0.2) is 11.1 Å². The van der Waals surface area contributed by atoms with Crippen LogP contribution in [0, 0.1) is 0 Å². The third-order valence-corrected chi connectivity index (χ3v) is 3.32. The molecule has 0 aliphatic heterocycles. The highest BCUT2D eigenvalue weighted by Crippen LogP contribution is 2.12. The van der Waals surface area contributed by atoms with Crippen molar-refractivity contribution in [2.45, 2.75) is 19.6 Å². The van der Waals surface area contributed by atoms with Crippen LogP contribution in [0.2, 0.25) is 0 Å². The molecule has 1 heterocycles.